The van der Waals surface area contributed by atoms with Gasteiger partial charge in [-0.25, -0.2) is 13.1 Å². The SMILES string of the molecule is CS(=O)(=O)NC1CCN(Cc2ccccc2C(F)(F)F)CC1. The minimum absolute atomic E-state index is 0.135. The molecule has 0 bridgehead atoms. The van der Waals surface area contributed by atoms with Crippen molar-refractivity contribution in [2.24, 2.45) is 0 Å². The van der Waals surface area contributed by atoms with Crippen molar-refractivity contribution in [3.63, 3.8) is 0 Å². The van der Waals surface area contributed by atoms with Gasteiger partial charge in [-0.3, -0.25) is 4.90 Å². The summed E-state index contributed by atoms with van der Waals surface area (Å²) in [7, 11) is -3.24. The number of hydrogen-bond donors (Lipinski definition) is 1. The molecule has 0 unspecified atom stereocenters. The Hall–Kier alpha value is -1.12. The molecule has 0 atom stereocenters. The number of rotatable bonds is 4. The molecule has 8 heteroatoms. The van der Waals surface area contributed by atoms with Crippen LogP contribution < -0.4 is 4.72 Å². The lowest BCUT2D eigenvalue weighted by Gasteiger charge is -2.32. The molecule has 1 aliphatic heterocycles. The average Bonchev–Trinajstić information content (AvgIpc) is 2.39. The topological polar surface area (TPSA) is 49.4 Å². The molecule has 0 spiro atoms. The molecule has 1 N–H and O–H groups in total. The van der Waals surface area contributed by atoms with Gasteiger partial charge < -0.3 is 0 Å². The molecule has 1 saturated heterocycles. The second kappa shape index (κ2) is 6.55. The zero-order chi connectivity index (χ0) is 16.4. The van der Waals surface area contributed by atoms with Crippen molar-refractivity contribution in [3.8, 4) is 0 Å². The second-order valence-corrected chi connectivity index (χ2v) is 7.38. The quantitative estimate of drug-likeness (QED) is 0.917. The molecular formula is C14H19F3N2O2S. The molecule has 0 amide bonds. The number of sulfonamides is 1. The zero-order valence-electron chi connectivity index (χ0n) is 12.2. The Balaban J connectivity index is 1.97. The second-order valence-electron chi connectivity index (χ2n) is 5.60. The Morgan fingerprint density at radius 3 is 2.36 bits per heavy atom. The summed E-state index contributed by atoms with van der Waals surface area (Å²) in [5, 5.41) is 0. The van der Waals surface area contributed by atoms with Crippen LogP contribution in [0.1, 0.15) is 24.0 Å². The van der Waals surface area contributed by atoms with E-state index in [0.717, 1.165) is 12.3 Å². The maximum absolute atomic E-state index is 13.0. The van der Waals surface area contributed by atoms with Crippen LogP contribution in [0.3, 0.4) is 0 Å². The van der Waals surface area contributed by atoms with Gasteiger partial charge in [-0.1, -0.05) is 18.2 Å². The van der Waals surface area contributed by atoms with Gasteiger partial charge in [-0.15, -0.1) is 0 Å². The molecule has 1 fully saturated rings. The fourth-order valence-electron chi connectivity index (χ4n) is 2.69. The highest BCUT2D eigenvalue weighted by atomic mass is 32.2. The monoisotopic (exact) mass is 336 g/mol. The van der Waals surface area contributed by atoms with E-state index >= 15 is 0 Å². The molecular weight excluding hydrogens is 317 g/mol. The third-order valence-electron chi connectivity index (χ3n) is 3.69. The van der Waals surface area contributed by atoms with Gasteiger partial charge in [-0.2, -0.15) is 13.2 Å². The van der Waals surface area contributed by atoms with Gasteiger partial charge in [0, 0.05) is 25.7 Å². The van der Waals surface area contributed by atoms with E-state index in [1.165, 1.54) is 12.1 Å². The normalized spacial score (nSPS) is 18.5. The molecule has 1 aliphatic rings. The number of benzene rings is 1. The van der Waals surface area contributed by atoms with Crippen molar-refractivity contribution in [3.05, 3.63) is 35.4 Å². The van der Waals surface area contributed by atoms with Crippen molar-refractivity contribution in [1.29, 1.82) is 0 Å². The summed E-state index contributed by atoms with van der Waals surface area (Å²) in [5.41, 5.74) is -0.351. The molecule has 1 heterocycles. The van der Waals surface area contributed by atoms with Crippen molar-refractivity contribution in [1.82, 2.24) is 9.62 Å². The minimum atomic E-state index is -4.35. The molecule has 1 aromatic carbocycles. The van der Waals surface area contributed by atoms with Crippen LogP contribution in [0.15, 0.2) is 24.3 Å². The molecule has 0 aromatic heterocycles. The van der Waals surface area contributed by atoms with Gasteiger partial charge in [0.15, 0.2) is 0 Å². The lowest BCUT2D eigenvalue weighted by atomic mass is 10.0. The van der Waals surface area contributed by atoms with E-state index in [2.05, 4.69) is 4.72 Å². The molecule has 0 radical (unpaired) electrons. The zero-order valence-corrected chi connectivity index (χ0v) is 13.0. The number of alkyl halides is 3. The van der Waals surface area contributed by atoms with Crippen molar-refractivity contribution < 1.29 is 21.6 Å². The third kappa shape index (κ3) is 4.96. The highest BCUT2D eigenvalue weighted by molar-refractivity contribution is 7.88. The van der Waals surface area contributed by atoms with Crippen LogP contribution in [0.4, 0.5) is 13.2 Å². The standard InChI is InChI=1S/C14H19F3N2O2S/c1-22(20,21)18-12-6-8-19(9-7-12)10-11-4-2-3-5-13(11)14(15,16)17/h2-5,12,18H,6-10H2,1H3. The smallest absolute Gasteiger partial charge is 0.299 e. The number of likely N-dealkylation sites (tertiary alicyclic amines) is 1. The van der Waals surface area contributed by atoms with Gasteiger partial charge in [-0.05, 0) is 24.5 Å². The number of halogens is 3. The number of hydrogen-bond acceptors (Lipinski definition) is 3. The van der Waals surface area contributed by atoms with E-state index in [1.54, 1.807) is 6.07 Å². The highest BCUT2D eigenvalue weighted by Gasteiger charge is 2.33. The molecule has 2 rings (SSSR count). The molecule has 0 saturated carbocycles. The van der Waals surface area contributed by atoms with Crippen molar-refractivity contribution in [2.45, 2.75) is 31.6 Å². The van der Waals surface area contributed by atoms with Crippen LogP contribution in [0.25, 0.3) is 0 Å². The van der Waals surface area contributed by atoms with Crippen LogP contribution in [0.5, 0.6) is 0 Å². The number of nitrogens with one attached hydrogen (secondary N) is 1. The van der Waals surface area contributed by atoms with Crippen LogP contribution in [-0.2, 0) is 22.7 Å². The lowest BCUT2D eigenvalue weighted by molar-refractivity contribution is -0.138. The molecule has 4 nitrogen and oxygen atoms in total. The highest BCUT2D eigenvalue weighted by Crippen LogP contribution is 2.32. The van der Waals surface area contributed by atoms with Gasteiger partial charge in [0.05, 0.1) is 11.8 Å². The summed E-state index contributed by atoms with van der Waals surface area (Å²) in [4.78, 5) is 1.92. The fourth-order valence-corrected chi connectivity index (χ4v) is 3.53. The van der Waals surface area contributed by atoms with Crippen molar-refractivity contribution in [2.75, 3.05) is 19.3 Å². The number of piperidine rings is 1. The van der Waals surface area contributed by atoms with E-state index in [9.17, 15) is 21.6 Å². The van der Waals surface area contributed by atoms with Gasteiger partial charge in [0.1, 0.15) is 0 Å². The van der Waals surface area contributed by atoms with E-state index in [-0.39, 0.29) is 18.2 Å². The Morgan fingerprint density at radius 1 is 1.23 bits per heavy atom. The predicted octanol–water partition coefficient (Wildman–Crippen LogP) is 2.22. The Bertz CT molecular complexity index is 609. The van der Waals surface area contributed by atoms with Crippen LogP contribution in [0, 0.1) is 0 Å². The van der Waals surface area contributed by atoms with E-state index < -0.39 is 21.8 Å². The fraction of sp³-hybridized carbons (Fsp3) is 0.571. The summed E-state index contributed by atoms with van der Waals surface area (Å²) >= 11 is 0. The number of nitrogens with zero attached hydrogens (tertiary/aromatic N) is 1. The molecule has 1 aromatic rings. The van der Waals surface area contributed by atoms with Crippen LogP contribution >= 0.6 is 0 Å². The Kier molecular flexibility index (Phi) is 5.14. The van der Waals surface area contributed by atoms with Gasteiger partial charge in [0.25, 0.3) is 0 Å². The van der Waals surface area contributed by atoms with Crippen LogP contribution in [-0.4, -0.2) is 38.7 Å². The van der Waals surface area contributed by atoms with Crippen LogP contribution in [0.2, 0.25) is 0 Å². The predicted molar refractivity (Wildman–Crippen MR) is 77.7 cm³/mol. The maximum atomic E-state index is 13.0. The van der Waals surface area contributed by atoms with Gasteiger partial charge >= 0.3 is 6.18 Å². The first kappa shape index (κ1) is 17.2. The van der Waals surface area contributed by atoms with E-state index in [1.807, 2.05) is 4.90 Å². The van der Waals surface area contributed by atoms with E-state index in [4.69, 9.17) is 0 Å². The largest absolute Gasteiger partial charge is 0.416 e. The first-order chi connectivity index (χ1) is 10.1. The third-order valence-corrected chi connectivity index (χ3v) is 4.45. The minimum Gasteiger partial charge on any atom is -0.299 e. The maximum Gasteiger partial charge on any atom is 0.416 e. The summed E-state index contributed by atoms with van der Waals surface area (Å²) in [6, 6.07) is 5.43. The summed E-state index contributed by atoms with van der Waals surface area (Å²) in [6.45, 7) is 1.36. The Morgan fingerprint density at radius 2 is 1.82 bits per heavy atom. The average molecular weight is 336 g/mol. The van der Waals surface area contributed by atoms with Gasteiger partial charge in [0.2, 0.25) is 10.0 Å². The van der Waals surface area contributed by atoms with E-state index in [0.29, 0.717) is 25.9 Å². The lowest BCUT2D eigenvalue weighted by Crippen LogP contribution is -2.44. The molecule has 0 aliphatic carbocycles. The molecule has 124 valence electrons. The summed E-state index contributed by atoms with van der Waals surface area (Å²) < 4.78 is 63.8. The summed E-state index contributed by atoms with van der Waals surface area (Å²) in [5.74, 6) is 0. The first-order valence-corrected chi connectivity index (χ1v) is 8.89. The summed E-state index contributed by atoms with van der Waals surface area (Å²) in [6.07, 6.45) is -2.05. The first-order valence-electron chi connectivity index (χ1n) is 7.00. The van der Waals surface area contributed by atoms with Crippen molar-refractivity contribution >= 4 is 10.0 Å². The molecule has 22 heavy (non-hydrogen) atoms. The Labute approximate surface area is 128 Å².